The molecule has 4 rings (SSSR count). The molecular weight excluding hydrogens is 323 g/mol. The van der Waals surface area contributed by atoms with Gasteiger partial charge in [-0.15, -0.1) is 10.2 Å². The molecule has 0 bridgehead atoms. The van der Waals surface area contributed by atoms with Crippen molar-refractivity contribution in [3.05, 3.63) is 60.9 Å². The molecule has 3 aromatic rings. The van der Waals surface area contributed by atoms with Gasteiger partial charge in [-0.2, -0.15) is 0 Å². The van der Waals surface area contributed by atoms with Gasteiger partial charge in [-0.25, -0.2) is 9.37 Å². The number of amides is 1. The Balaban J connectivity index is 1.48. The standard InChI is InChI=1S/C17H15FN6O/c18-13-2-1-3-14(10-13)24-9-8-22(11-17(24)25)15-4-5-16(21-20-15)23-7-6-19-12-23/h1-7,10,12H,8-9,11H2. The lowest BCUT2D eigenvalue weighted by molar-refractivity contribution is -0.117. The molecule has 3 heterocycles. The monoisotopic (exact) mass is 338 g/mol. The first-order valence-corrected chi connectivity index (χ1v) is 7.84. The minimum atomic E-state index is -0.353. The summed E-state index contributed by atoms with van der Waals surface area (Å²) in [5.74, 6) is 0.841. The number of benzene rings is 1. The molecule has 8 heteroatoms. The lowest BCUT2D eigenvalue weighted by atomic mass is 10.2. The first-order chi connectivity index (χ1) is 12.2. The number of piperazine rings is 1. The molecule has 1 amide bonds. The molecular formula is C17H15FN6O. The van der Waals surface area contributed by atoms with Gasteiger partial charge >= 0.3 is 0 Å². The van der Waals surface area contributed by atoms with Crippen LogP contribution in [0, 0.1) is 5.82 Å². The molecule has 1 aliphatic rings. The smallest absolute Gasteiger partial charge is 0.246 e. The predicted molar refractivity (Wildman–Crippen MR) is 90.1 cm³/mol. The van der Waals surface area contributed by atoms with Gasteiger partial charge in [0.05, 0.1) is 6.54 Å². The SMILES string of the molecule is O=C1CN(c2ccc(-n3ccnc3)nn2)CCN1c1cccc(F)c1. The van der Waals surface area contributed by atoms with Crippen molar-refractivity contribution < 1.29 is 9.18 Å². The summed E-state index contributed by atoms with van der Waals surface area (Å²) in [7, 11) is 0. The van der Waals surface area contributed by atoms with Crippen LogP contribution < -0.4 is 9.80 Å². The van der Waals surface area contributed by atoms with E-state index in [0.717, 1.165) is 0 Å². The third-order valence-electron chi connectivity index (χ3n) is 4.07. The van der Waals surface area contributed by atoms with Crippen LogP contribution in [0.4, 0.5) is 15.9 Å². The van der Waals surface area contributed by atoms with Gasteiger partial charge in [0.2, 0.25) is 5.91 Å². The second-order valence-corrected chi connectivity index (χ2v) is 5.67. The molecule has 1 saturated heterocycles. The van der Waals surface area contributed by atoms with E-state index in [1.807, 2.05) is 17.0 Å². The Morgan fingerprint density at radius 1 is 1.04 bits per heavy atom. The van der Waals surface area contributed by atoms with Crippen molar-refractivity contribution in [1.82, 2.24) is 19.7 Å². The largest absolute Gasteiger partial charge is 0.344 e. The summed E-state index contributed by atoms with van der Waals surface area (Å²) >= 11 is 0. The van der Waals surface area contributed by atoms with Crippen molar-refractivity contribution in [1.29, 1.82) is 0 Å². The fraction of sp³-hybridized carbons (Fsp3) is 0.176. The van der Waals surface area contributed by atoms with Gasteiger partial charge in [0.15, 0.2) is 11.6 Å². The van der Waals surface area contributed by atoms with Crippen LogP contribution in [0.3, 0.4) is 0 Å². The van der Waals surface area contributed by atoms with Gasteiger partial charge in [0, 0.05) is 31.2 Å². The lowest BCUT2D eigenvalue weighted by Gasteiger charge is -2.34. The fourth-order valence-corrected chi connectivity index (χ4v) is 2.80. The van der Waals surface area contributed by atoms with Gasteiger partial charge in [-0.3, -0.25) is 9.36 Å². The van der Waals surface area contributed by atoms with E-state index in [9.17, 15) is 9.18 Å². The number of nitrogens with zero attached hydrogens (tertiary/aromatic N) is 6. The third kappa shape index (κ3) is 3.06. The summed E-state index contributed by atoms with van der Waals surface area (Å²) in [4.78, 5) is 19.9. The normalized spacial score (nSPS) is 14.8. The summed E-state index contributed by atoms with van der Waals surface area (Å²) in [5, 5.41) is 8.37. The molecule has 25 heavy (non-hydrogen) atoms. The van der Waals surface area contributed by atoms with E-state index in [4.69, 9.17) is 0 Å². The van der Waals surface area contributed by atoms with Crippen LogP contribution in [-0.2, 0) is 4.79 Å². The molecule has 1 fully saturated rings. The third-order valence-corrected chi connectivity index (χ3v) is 4.07. The molecule has 1 aliphatic heterocycles. The van der Waals surface area contributed by atoms with Crippen molar-refractivity contribution in [2.24, 2.45) is 0 Å². The number of hydrogen-bond donors (Lipinski definition) is 0. The van der Waals surface area contributed by atoms with E-state index in [0.29, 0.717) is 30.4 Å². The molecule has 0 radical (unpaired) electrons. The summed E-state index contributed by atoms with van der Waals surface area (Å²) in [6, 6.07) is 9.72. The van der Waals surface area contributed by atoms with Gasteiger partial charge in [0.25, 0.3) is 0 Å². The number of anilines is 2. The lowest BCUT2D eigenvalue weighted by Crippen LogP contribution is -2.51. The summed E-state index contributed by atoms with van der Waals surface area (Å²) in [6.45, 7) is 1.24. The Hall–Kier alpha value is -3.29. The van der Waals surface area contributed by atoms with E-state index < -0.39 is 0 Å². The number of carbonyl (C=O) groups excluding carboxylic acids is 1. The average molecular weight is 338 g/mol. The first kappa shape index (κ1) is 15.3. The maximum absolute atomic E-state index is 13.4. The average Bonchev–Trinajstić information content (AvgIpc) is 3.16. The fourth-order valence-electron chi connectivity index (χ4n) is 2.80. The minimum Gasteiger partial charge on any atom is -0.344 e. The van der Waals surface area contributed by atoms with E-state index in [1.165, 1.54) is 12.1 Å². The van der Waals surface area contributed by atoms with Gasteiger partial charge in [-0.05, 0) is 30.3 Å². The zero-order valence-electron chi connectivity index (χ0n) is 13.3. The number of aromatic nitrogens is 4. The van der Waals surface area contributed by atoms with Crippen molar-refractivity contribution in [3.63, 3.8) is 0 Å². The highest BCUT2D eigenvalue weighted by atomic mass is 19.1. The number of imidazole rings is 1. The second-order valence-electron chi connectivity index (χ2n) is 5.67. The molecule has 1 aromatic carbocycles. The molecule has 2 aromatic heterocycles. The van der Waals surface area contributed by atoms with Crippen molar-refractivity contribution in [3.8, 4) is 5.82 Å². The molecule has 0 unspecified atom stereocenters. The van der Waals surface area contributed by atoms with Crippen LogP contribution in [0.1, 0.15) is 0 Å². The van der Waals surface area contributed by atoms with Crippen LogP contribution in [0.15, 0.2) is 55.1 Å². The van der Waals surface area contributed by atoms with Crippen LogP contribution in [-0.4, -0.2) is 45.3 Å². The quantitative estimate of drug-likeness (QED) is 0.726. The Bertz CT molecular complexity index is 880. The number of rotatable bonds is 3. The number of halogens is 1. The van der Waals surface area contributed by atoms with E-state index >= 15 is 0 Å². The maximum Gasteiger partial charge on any atom is 0.246 e. The van der Waals surface area contributed by atoms with Crippen molar-refractivity contribution >= 4 is 17.4 Å². The Morgan fingerprint density at radius 2 is 1.88 bits per heavy atom. The maximum atomic E-state index is 13.4. The van der Waals surface area contributed by atoms with Crippen molar-refractivity contribution in [2.45, 2.75) is 0 Å². The Kier molecular flexibility index (Phi) is 3.85. The van der Waals surface area contributed by atoms with E-state index in [1.54, 1.807) is 40.3 Å². The first-order valence-electron chi connectivity index (χ1n) is 7.84. The predicted octanol–water partition coefficient (Wildman–Crippen LogP) is 1.65. The topological polar surface area (TPSA) is 67.2 Å². The molecule has 0 N–H and O–H groups in total. The molecule has 0 spiro atoms. The molecule has 0 atom stereocenters. The summed E-state index contributed by atoms with van der Waals surface area (Å²) < 4.78 is 15.1. The van der Waals surface area contributed by atoms with Gasteiger partial charge in [0.1, 0.15) is 12.1 Å². The molecule has 0 aliphatic carbocycles. The van der Waals surface area contributed by atoms with E-state index in [-0.39, 0.29) is 18.3 Å². The highest BCUT2D eigenvalue weighted by Gasteiger charge is 2.26. The second kappa shape index (κ2) is 6.31. The van der Waals surface area contributed by atoms with Crippen LogP contribution in [0.5, 0.6) is 0 Å². The number of hydrogen-bond acceptors (Lipinski definition) is 5. The van der Waals surface area contributed by atoms with Crippen molar-refractivity contribution in [2.75, 3.05) is 29.4 Å². The van der Waals surface area contributed by atoms with Crippen LogP contribution >= 0.6 is 0 Å². The molecule has 0 saturated carbocycles. The van der Waals surface area contributed by atoms with Gasteiger partial charge < -0.3 is 9.80 Å². The van der Waals surface area contributed by atoms with Crippen LogP contribution in [0.25, 0.3) is 5.82 Å². The zero-order chi connectivity index (χ0) is 17.2. The molecule has 7 nitrogen and oxygen atoms in total. The highest BCUT2D eigenvalue weighted by molar-refractivity contribution is 5.97. The zero-order valence-corrected chi connectivity index (χ0v) is 13.3. The Morgan fingerprint density at radius 3 is 2.56 bits per heavy atom. The highest BCUT2D eigenvalue weighted by Crippen LogP contribution is 2.21. The number of carbonyl (C=O) groups is 1. The van der Waals surface area contributed by atoms with E-state index in [2.05, 4.69) is 15.2 Å². The van der Waals surface area contributed by atoms with Gasteiger partial charge in [-0.1, -0.05) is 6.07 Å². The molecule has 126 valence electrons. The summed E-state index contributed by atoms with van der Waals surface area (Å²) in [5.41, 5.74) is 0.575. The Labute approximate surface area is 143 Å². The van der Waals surface area contributed by atoms with Crippen LogP contribution in [0.2, 0.25) is 0 Å². The minimum absolute atomic E-state index is 0.0997. The summed E-state index contributed by atoms with van der Waals surface area (Å²) in [6.07, 6.45) is 5.09.